The van der Waals surface area contributed by atoms with Crippen LogP contribution in [0, 0.1) is 0 Å². The number of aryl methyl sites for hydroxylation is 1. The van der Waals surface area contributed by atoms with Gasteiger partial charge in [-0.15, -0.1) is 0 Å². The zero-order valence-corrected chi connectivity index (χ0v) is 13.3. The Morgan fingerprint density at radius 1 is 1.22 bits per heavy atom. The highest BCUT2D eigenvalue weighted by molar-refractivity contribution is 5.50. The monoisotopic (exact) mass is 310 g/mol. The SMILES string of the molecule is c1cncc(COC2CCCN(c3ncnc4c3CCC4)C2)c1. The van der Waals surface area contributed by atoms with Gasteiger partial charge in [-0.05, 0) is 43.7 Å². The summed E-state index contributed by atoms with van der Waals surface area (Å²) in [5.74, 6) is 1.14. The van der Waals surface area contributed by atoms with Crippen molar-refractivity contribution in [2.45, 2.75) is 44.8 Å². The molecule has 23 heavy (non-hydrogen) atoms. The van der Waals surface area contributed by atoms with Gasteiger partial charge in [0.1, 0.15) is 12.1 Å². The minimum absolute atomic E-state index is 0.260. The maximum atomic E-state index is 6.12. The van der Waals surface area contributed by atoms with Crippen molar-refractivity contribution in [2.75, 3.05) is 18.0 Å². The van der Waals surface area contributed by atoms with Gasteiger partial charge in [0.05, 0.1) is 12.7 Å². The first-order valence-electron chi connectivity index (χ1n) is 8.48. The van der Waals surface area contributed by atoms with E-state index < -0.39 is 0 Å². The molecule has 1 unspecified atom stereocenters. The summed E-state index contributed by atoms with van der Waals surface area (Å²) in [7, 11) is 0. The largest absolute Gasteiger partial charge is 0.372 e. The van der Waals surface area contributed by atoms with E-state index in [1.165, 1.54) is 17.7 Å². The standard InChI is InChI=1S/C18H22N4O/c1-6-16-17(7-1)20-13-21-18(16)22-9-3-5-15(11-22)23-12-14-4-2-8-19-10-14/h2,4,8,10,13,15H,1,3,5-7,9,11-12H2. The predicted molar refractivity (Wildman–Crippen MR) is 88.3 cm³/mol. The third kappa shape index (κ3) is 3.20. The van der Waals surface area contributed by atoms with E-state index in [1.807, 2.05) is 12.3 Å². The van der Waals surface area contributed by atoms with E-state index in [-0.39, 0.29) is 6.10 Å². The van der Waals surface area contributed by atoms with Gasteiger partial charge in [0.15, 0.2) is 0 Å². The van der Waals surface area contributed by atoms with Gasteiger partial charge in [-0.25, -0.2) is 9.97 Å². The molecule has 2 aromatic rings. The topological polar surface area (TPSA) is 51.1 Å². The van der Waals surface area contributed by atoms with Crippen LogP contribution in [-0.4, -0.2) is 34.1 Å². The van der Waals surface area contributed by atoms with Crippen molar-refractivity contribution in [2.24, 2.45) is 0 Å². The van der Waals surface area contributed by atoms with Crippen molar-refractivity contribution < 1.29 is 4.74 Å². The van der Waals surface area contributed by atoms with Crippen molar-refractivity contribution in [3.8, 4) is 0 Å². The molecule has 1 aliphatic heterocycles. The average molecular weight is 310 g/mol. The molecule has 0 aromatic carbocycles. The van der Waals surface area contributed by atoms with Gasteiger partial charge >= 0.3 is 0 Å². The fraction of sp³-hybridized carbons (Fsp3) is 0.500. The van der Waals surface area contributed by atoms with Gasteiger partial charge in [0.2, 0.25) is 0 Å². The van der Waals surface area contributed by atoms with Crippen molar-refractivity contribution in [3.63, 3.8) is 0 Å². The van der Waals surface area contributed by atoms with Gasteiger partial charge in [0, 0.05) is 36.7 Å². The average Bonchev–Trinajstić information content (AvgIpc) is 3.10. The van der Waals surface area contributed by atoms with Crippen LogP contribution in [0.2, 0.25) is 0 Å². The summed E-state index contributed by atoms with van der Waals surface area (Å²) in [6.07, 6.45) is 11.3. The number of piperidine rings is 1. The molecule has 4 rings (SSSR count). The van der Waals surface area contributed by atoms with E-state index >= 15 is 0 Å². The molecule has 120 valence electrons. The van der Waals surface area contributed by atoms with Gasteiger partial charge in [-0.2, -0.15) is 0 Å². The fourth-order valence-electron chi connectivity index (χ4n) is 3.58. The third-order valence-electron chi connectivity index (χ3n) is 4.74. The number of hydrogen-bond acceptors (Lipinski definition) is 5. The van der Waals surface area contributed by atoms with Crippen molar-refractivity contribution in [1.82, 2.24) is 15.0 Å². The zero-order chi connectivity index (χ0) is 15.5. The number of nitrogens with zero attached hydrogens (tertiary/aromatic N) is 4. The van der Waals surface area contributed by atoms with Crippen LogP contribution >= 0.6 is 0 Å². The van der Waals surface area contributed by atoms with Crippen LogP contribution in [0.4, 0.5) is 5.82 Å². The first-order chi connectivity index (χ1) is 11.4. The Kier molecular flexibility index (Phi) is 4.20. The predicted octanol–water partition coefficient (Wildman–Crippen LogP) is 2.55. The Bertz CT molecular complexity index is 661. The molecular formula is C18H22N4O. The number of rotatable bonds is 4. The molecule has 2 aliphatic rings. The lowest BCUT2D eigenvalue weighted by molar-refractivity contribution is 0.0313. The Morgan fingerprint density at radius 2 is 2.22 bits per heavy atom. The lowest BCUT2D eigenvalue weighted by atomic mass is 10.1. The van der Waals surface area contributed by atoms with Gasteiger partial charge in [-0.1, -0.05) is 6.07 Å². The summed E-state index contributed by atoms with van der Waals surface area (Å²) >= 11 is 0. The molecule has 0 N–H and O–H groups in total. The molecule has 1 aliphatic carbocycles. The molecule has 5 nitrogen and oxygen atoms in total. The van der Waals surface area contributed by atoms with Crippen LogP contribution in [0.15, 0.2) is 30.9 Å². The maximum Gasteiger partial charge on any atom is 0.135 e. The van der Waals surface area contributed by atoms with Gasteiger partial charge in [0.25, 0.3) is 0 Å². The molecule has 0 saturated carbocycles. The fourth-order valence-corrected chi connectivity index (χ4v) is 3.58. The van der Waals surface area contributed by atoms with E-state index in [0.717, 1.165) is 50.2 Å². The van der Waals surface area contributed by atoms with Crippen molar-refractivity contribution in [1.29, 1.82) is 0 Å². The minimum Gasteiger partial charge on any atom is -0.372 e. The molecular weight excluding hydrogens is 288 g/mol. The minimum atomic E-state index is 0.260. The zero-order valence-electron chi connectivity index (χ0n) is 13.3. The smallest absolute Gasteiger partial charge is 0.135 e. The van der Waals surface area contributed by atoms with Crippen LogP contribution < -0.4 is 4.90 Å². The highest BCUT2D eigenvalue weighted by Crippen LogP contribution is 2.30. The molecule has 0 spiro atoms. The van der Waals surface area contributed by atoms with Gasteiger partial charge in [-0.3, -0.25) is 4.98 Å². The second kappa shape index (κ2) is 6.62. The number of hydrogen-bond donors (Lipinski definition) is 0. The number of ether oxygens (including phenoxy) is 1. The molecule has 1 saturated heterocycles. The van der Waals surface area contributed by atoms with Gasteiger partial charge < -0.3 is 9.64 Å². The number of aromatic nitrogens is 3. The van der Waals surface area contributed by atoms with Crippen molar-refractivity contribution in [3.05, 3.63) is 47.7 Å². The summed E-state index contributed by atoms with van der Waals surface area (Å²) in [6.45, 7) is 2.62. The lowest BCUT2D eigenvalue weighted by Crippen LogP contribution is -2.40. The number of pyridine rings is 1. The molecule has 2 aromatic heterocycles. The van der Waals surface area contributed by atoms with Crippen LogP contribution in [-0.2, 0) is 24.2 Å². The number of anilines is 1. The van der Waals surface area contributed by atoms with Crippen LogP contribution in [0.3, 0.4) is 0 Å². The second-order valence-corrected chi connectivity index (χ2v) is 6.36. The molecule has 1 atom stereocenters. The molecule has 0 bridgehead atoms. The van der Waals surface area contributed by atoms with E-state index in [9.17, 15) is 0 Å². The molecule has 3 heterocycles. The van der Waals surface area contributed by atoms with E-state index in [4.69, 9.17) is 4.74 Å². The van der Waals surface area contributed by atoms with Crippen LogP contribution in [0.25, 0.3) is 0 Å². The van der Waals surface area contributed by atoms with Crippen molar-refractivity contribution >= 4 is 5.82 Å². The molecule has 5 heteroatoms. The Hall–Kier alpha value is -2.01. The lowest BCUT2D eigenvalue weighted by Gasteiger charge is -2.34. The highest BCUT2D eigenvalue weighted by atomic mass is 16.5. The Balaban J connectivity index is 1.42. The summed E-state index contributed by atoms with van der Waals surface area (Å²) in [6, 6.07) is 4.01. The van der Waals surface area contributed by atoms with E-state index in [2.05, 4.69) is 25.9 Å². The third-order valence-corrected chi connectivity index (χ3v) is 4.74. The van der Waals surface area contributed by atoms with E-state index in [1.54, 1.807) is 12.5 Å². The number of fused-ring (bicyclic) bond motifs is 1. The second-order valence-electron chi connectivity index (χ2n) is 6.36. The first kappa shape index (κ1) is 14.6. The molecule has 0 radical (unpaired) electrons. The quantitative estimate of drug-likeness (QED) is 0.868. The highest BCUT2D eigenvalue weighted by Gasteiger charge is 2.26. The maximum absolute atomic E-state index is 6.12. The Labute approximate surface area is 136 Å². The summed E-state index contributed by atoms with van der Waals surface area (Å²) < 4.78 is 6.12. The summed E-state index contributed by atoms with van der Waals surface area (Å²) in [4.78, 5) is 15.5. The first-order valence-corrected chi connectivity index (χ1v) is 8.48. The molecule has 0 amide bonds. The summed E-state index contributed by atoms with van der Waals surface area (Å²) in [5.41, 5.74) is 3.74. The Morgan fingerprint density at radius 3 is 3.13 bits per heavy atom. The van der Waals surface area contributed by atoms with Crippen LogP contribution in [0.5, 0.6) is 0 Å². The van der Waals surface area contributed by atoms with Crippen LogP contribution in [0.1, 0.15) is 36.1 Å². The summed E-state index contributed by atoms with van der Waals surface area (Å²) in [5, 5.41) is 0. The van der Waals surface area contributed by atoms with E-state index in [0.29, 0.717) is 6.61 Å². The molecule has 1 fully saturated rings. The normalized spacial score (nSPS) is 20.5.